The molecule has 2 heterocycles. The molecule has 7 nitrogen and oxygen atoms in total. The smallest absolute Gasteiger partial charge is 0.317 e. The third-order valence-electron chi connectivity index (χ3n) is 6.45. The van der Waals surface area contributed by atoms with E-state index in [2.05, 4.69) is 27.2 Å². The number of benzene rings is 2. The van der Waals surface area contributed by atoms with Gasteiger partial charge in [-0.05, 0) is 55.7 Å². The van der Waals surface area contributed by atoms with Crippen LogP contribution in [0.25, 0.3) is 0 Å². The summed E-state index contributed by atoms with van der Waals surface area (Å²) in [4.78, 5) is 30.6. The van der Waals surface area contributed by atoms with Crippen molar-refractivity contribution >= 4 is 23.2 Å². The summed E-state index contributed by atoms with van der Waals surface area (Å²) in [5.41, 5.74) is 2.99. The van der Waals surface area contributed by atoms with E-state index in [-0.39, 0.29) is 11.8 Å². The number of amides is 2. The lowest BCUT2D eigenvalue weighted by Gasteiger charge is -2.36. The molecule has 2 aromatic rings. The number of urea groups is 1. The van der Waals surface area contributed by atoms with Gasteiger partial charge >= 0.3 is 6.03 Å². The van der Waals surface area contributed by atoms with Gasteiger partial charge in [-0.1, -0.05) is 6.07 Å². The van der Waals surface area contributed by atoms with Crippen molar-refractivity contribution in [2.24, 2.45) is 5.92 Å². The lowest BCUT2D eigenvalue weighted by atomic mass is 10.1. The van der Waals surface area contributed by atoms with Gasteiger partial charge in [0, 0.05) is 68.8 Å². The highest BCUT2D eigenvalue weighted by molar-refractivity contribution is 5.94. The third kappa shape index (κ3) is 5.15. The maximum Gasteiger partial charge on any atom is 0.317 e. The van der Waals surface area contributed by atoms with E-state index in [1.807, 2.05) is 41.3 Å². The van der Waals surface area contributed by atoms with Gasteiger partial charge in [-0.25, -0.2) is 4.79 Å². The minimum atomic E-state index is 0.0245. The van der Waals surface area contributed by atoms with Crippen LogP contribution < -0.4 is 19.9 Å². The number of anilines is 2. The van der Waals surface area contributed by atoms with Crippen LogP contribution in [0.15, 0.2) is 48.5 Å². The van der Waals surface area contributed by atoms with Crippen LogP contribution in [0.2, 0.25) is 0 Å². The van der Waals surface area contributed by atoms with Crippen molar-refractivity contribution in [3.05, 3.63) is 54.1 Å². The standard InChI is InChI=1S/C25H32N4O3/c1-19(30)21-6-8-22(9-7-21)27-12-14-28(15-13-27)25(31)26-17-20-10-11-29(18-20)23-4-3-5-24(16-23)32-2/h3-9,16,20H,10-15,17-18H2,1-2H3,(H,26,31). The molecule has 0 aromatic heterocycles. The minimum absolute atomic E-state index is 0.0245. The number of rotatable bonds is 6. The summed E-state index contributed by atoms with van der Waals surface area (Å²) in [5, 5.41) is 3.14. The van der Waals surface area contributed by atoms with Gasteiger partial charge < -0.3 is 24.8 Å². The Morgan fingerprint density at radius 3 is 2.41 bits per heavy atom. The molecule has 1 atom stereocenters. The van der Waals surface area contributed by atoms with Crippen molar-refractivity contribution in [3.63, 3.8) is 0 Å². The number of carbonyl (C=O) groups excluding carboxylic acids is 2. The number of piperazine rings is 1. The molecule has 2 aliphatic rings. The average molecular weight is 437 g/mol. The fourth-order valence-electron chi connectivity index (χ4n) is 4.46. The first-order valence-electron chi connectivity index (χ1n) is 11.3. The van der Waals surface area contributed by atoms with Crippen molar-refractivity contribution in [1.29, 1.82) is 0 Å². The molecule has 170 valence electrons. The number of ketones is 1. The molecule has 1 unspecified atom stereocenters. The Morgan fingerprint density at radius 2 is 1.72 bits per heavy atom. The van der Waals surface area contributed by atoms with Crippen LogP contribution in [0.3, 0.4) is 0 Å². The Kier molecular flexibility index (Phi) is 6.83. The Hall–Kier alpha value is -3.22. The van der Waals surface area contributed by atoms with Crippen LogP contribution >= 0.6 is 0 Å². The monoisotopic (exact) mass is 436 g/mol. The average Bonchev–Trinajstić information content (AvgIpc) is 3.32. The second-order valence-electron chi connectivity index (χ2n) is 8.57. The van der Waals surface area contributed by atoms with Crippen LogP contribution in [-0.4, -0.2) is 69.6 Å². The van der Waals surface area contributed by atoms with Crippen molar-refractivity contribution in [1.82, 2.24) is 10.2 Å². The fourth-order valence-corrected chi connectivity index (χ4v) is 4.46. The molecule has 0 aliphatic carbocycles. The van der Waals surface area contributed by atoms with Gasteiger partial charge in [0.2, 0.25) is 0 Å². The van der Waals surface area contributed by atoms with Crippen LogP contribution in [0.1, 0.15) is 23.7 Å². The molecule has 0 saturated carbocycles. The highest BCUT2D eigenvalue weighted by atomic mass is 16.5. The fraction of sp³-hybridized carbons (Fsp3) is 0.440. The van der Waals surface area contributed by atoms with E-state index in [1.54, 1.807) is 14.0 Å². The zero-order chi connectivity index (χ0) is 22.5. The van der Waals surface area contributed by atoms with E-state index >= 15 is 0 Å². The molecule has 0 radical (unpaired) electrons. The van der Waals surface area contributed by atoms with Gasteiger partial charge in [-0.15, -0.1) is 0 Å². The second-order valence-corrected chi connectivity index (χ2v) is 8.57. The number of hydrogen-bond acceptors (Lipinski definition) is 5. The van der Waals surface area contributed by atoms with Crippen LogP contribution in [0.5, 0.6) is 5.75 Å². The van der Waals surface area contributed by atoms with Gasteiger partial charge in [0.25, 0.3) is 0 Å². The molecule has 2 aromatic carbocycles. The quantitative estimate of drug-likeness (QED) is 0.705. The SMILES string of the molecule is COc1cccc(N2CCC(CNC(=O)N3CCN(c4ccc(C(C)=O)cc4)CC3)C2)c1. The number of nitrogens with zero attached hydrogens (tertiary/aromatic N) is 3. The summed E-state index contributed by atoms with van der Waals surface area (Å²) in [6.45, 7) is 7.19. The first-order chi connectivity index (χ1) is 15.5. The Labute approximate surface area is 189 Å². The van der Waals surface area contributed by atoms with Crippen LogP contribution in [0, 0.1) is 5.92 Å². The number of hydrogen-bond donors (Lipinski definition) is 1. The largest absolute Gasteiger partial charge is 0.497 e. The Morgan fingerprint density at radius 1 is 0.969 bits per heavy atom. The normalized spacial score (nSPS) is 18.6. The first-order valence-corrected chi connectivity index (χ1v) is 11.3. The highest BCUT2D eigenvalue weighted by Crippen LogP contribution is 2.26. The molecule has 0 spiro atoms. The summed E-state index contributed by atoms with van der Waals surface area (Å²) in [5.74, 6) is 1.39. The van der Waals surface area contributed by atoms with Crippen molar-refractivity contribution in [3.8, 4) is 5.75 Å². The van der Waals surface area contributed by atoms with E-state index in [0.29, 0.717) is 25.6 Å². The number of Topliss-reactive ketones (excluding diaryl/α,β-unsaturated/α-hetero) is 1. The molecule has 7 heteroatoms. The topological polar surface area (TPSA) is 65.1 Å². The molecule has 4 rings (SSSR count). The maximum atomic E-state index is 12.7. The van der Waals surface area contributed by atoms with E-state index in [9.17, 15) is 9.59 Å². The van der Waals surface area contributed by atoms with Crippen LogP contribution in [-0.2, 0) is 0 Å². The molecular weight excluding hydrogens is 404 g/mol. The lowest BCUT2D eigenvalue weighted by Crippen LogP contribution is -2.52. The first kappa shape index (κ1) is 22.0. The molecule has 2 saturated heterocycles. The predicted molar refractivity (Wildman–Crippen MR) is 127 cm³/mol. The van der Waals surface area contributed by atoms with Crippen LogP contribution in [0.4, 0.5) is 16.2 Å². The summed E-state index contributed by atoms with van der Waals surface area (Å²) in [6.07, 6.45) is 1.07. The van der Waals surface area contributed by atoms with Gasteiger partial charge in [0.15, 0.2) is 5.78 Å². The van der Waals surface area contributed by atoms with Crippen molar-refractivity contribution < 1.29 is 14.3 Å². The van der Waals surface area contributed by atoms with Gasteiger partial charge in [0.1, 0.15) is 5.75 Å². The second kappa shape index (κ2) is 9.94. The van der Waals surface area contributed by atoms with Gasteiger partial charge in [-0.2, -0.15) is 0 Å². The molecule has 2 amide bonds. The van der Waals surface area contributed by atoms with Crippen molar-refractivity contribution in [2.45, 2.75) is 13.3 Å². The summed E-state index contributed by atoms with van der Waals surface area (Å²) < 4.78 is 5.33. The van der Waals surface area contributed by atoms with Gasteiger partial charge in [0.05, 0.1) is 7.11 Å². The summed E-state index contributed by atoms with van der Waals surface area (Å²) >= 11 is 0. The summed E-state index contributed by atoms with van der Waals surface area (Å²) in [7, 11) is 1.69. The minimum Gasteiger partial charge on any atom is -0.497 e. The third-order valence-corrected chi connectivity index (χ3v) is 6.45. The van der Waals surface area contributed by atoms with Gasteiger partial charge in [-0.3, -0.25) is 4.79 Å². The molecular formula is C25H32N4O3. The number of methoxy groups -OCH3 is 1. The zero-order valence-corrected chi connectivity index (χ0v) is 18.9. The number of nitrogens with one attached hydrogen (secondary N) is 1. The molecule has 32 heavy (non-hydrogen) atoms. The Balaban J connectivity index is 1.21. The zero-order valence-electron chi connectivity index (χ0n) is 18.9. The Bertz CT molecular complexity index is 938. The molecule has 2 aliphatic heterocycles. The van der Waals surface area contributed by atoms with E-state index in [4.69, 9.17) is 4.74 Å². The van der Waals surface area contributed by atoms with E-state index < -0.39 is 0 Å². The number of ether oxygens (including phenoxy) is 1. The molecule has 2 fully saturated rings. The van der Waals surface area contributed by atoms with E-state index in [0.717, 1.165) is 49.6 Å². The number of carbonyl (C=O) groups is 2. The molecule has 0 bridgehead atoms. The van der Waals surface area contributed by atoms with E-state index in [1.165, 1.54) is 5.69 Å². The maximum absolute atomic E-state index is 12.7. The molecule has 1 N–H and O–H groups in total. The highest BCUT2D eigenvalue weighted by Gasteiger charge is 2.25. The predicted octanol–water partition coefficient (Wildman–Crippen LogP) is 3.26. The van der Waals surface area contributed by atoms with Crippen molar-refractivity contribution in [2.75, 3.05) is 62.7 Å². The summed E-state index contributed by atoms with van der Waals surface area (Å²) in [6, 6.07) is 15.9. The lowest BCUT2D eigenvalue weighted by molar-refractivity contribution is 0.101.